The summed E-state index contributed by atoms with van der Waals surface area (Å²) in [7, 11) is 0. The van der Waals surface area contributed by atoms with Gasteiger partial charge < -0.3 is 19.6 Å². The van der Waals surface area contributed by atoms with E-state index in [0.29, 0.717) is 10.9 Å². The number of carboxylic acid groups (broad SMARTS) is 1. The molecule has 1 aliphatic carbocycles. The number of aryl methyl sites for hydroxylation is 1. The molecule has 2 fully saturated rings. The second kappa shape index (κ2) is 9.26. The number of ether oxygens (including phenoxy) is 1. The number of hydrogen-bond donors (Lipinski definition) is 2. The van der Waals surface area contributed by atoms with Crippen molar-refractivity contribution in [1.29, 1.82) is 0 Å². The van der Waals surface area contributed by atoms with Crippen molar-refractivity contribution < 1.29 is 32.2 Å². The van der Waals surface area contributed by atoms with Gasteiger partial charge in [-0.2, -0.15) is 13.2 Å². The number of piperidine rings is 1. The topological polar surface area (TPSA) is 84.6 Å². The maximum atomic E-state index is 10.6. The third-order valence-electron chi connectivity index (χ3n) is 4.77. The Morgan fingerprint density at radius 1 is 1.27 bits per heavy atom. The number of alkyl halides is 3. The monoisotopic (exact) mass is 446 g/mol. The highest BCUT2D eigenvalue weighted by Crippen LogP contribution is 2.43. The number of oxazole rings is 1. The van der Waals surface area contributed by atoms with Crippen LogP contribution in [0.1, 0.15) is 43.1 Å². The Balaban J connectivity index is 0.000000318. The van der Waals surface area contributed by atoms with Crippen LogP contribution in [-0.4, -0.2) is 41.4 Å². The van der Waals surface area contributed by atoms with Gasteiger partial charge >= 0.3 is 12.1 Å². The highest BCUT2D eigenvalue weighted by Gasteiger charge is 2.38. The summed E-state index contributed by atoms with van der Waals surface area (Å²) in [5.74, 6) is 0.206. The Kier molecular flexibility index (Phi) is 6.92. The van der Waals surface area contributed by atoms with E-state index in [1.54, 1.807) is 6.20 Å². The largest absolute Gasteiger partial charge is 0.490 e. The number of benzene rings is 1. The first-order valence-electron chi connectivity index (χ1n) is 9.59. The number of nitrogens with zero attached hydrogens (tertiary/aromatic N) is 1. The van der Waals surface area contributed by atoms with Crippen molar-refractivity contribution in [1.82, 2.24) is 10.3 Å². The first-order valence-corrected chi connectivity index (χ1v) is 9.96. The summed E-state index contributed by atoms with van der Waals surface area (Å²) in [5.41, 5.74) is 1.95. The minimum atomic E-state index is -5.08. The summed E-state index contributed by atoms with van der Waals surface area (Å²) in [4.78, 5) is 13.3. The smallest absolute Gasteiger partial charge is 0.489 e. The molecule has 164 valence electrons. The van der Waals surface area contributed by atoms with Gasteiger partial charge in [0.2, 0.25) is 0 Å². The molecule has 10 heteroatoms. The minimum absolute atomic E-state index is 0.237. The zero-order valence-corrected chi connectivity index (χ0v) is 17.0. The Bertz CT molecular complexity index is 891. The first kappa shape index (κ1) is 22.4. The number of nitrogens with one attached hydrogen (secondary N) is 1. The molecule has 1 aliphatic heterocycles. The van der Waals surface area contributed by atoms with Crippen molar-refractivity contribution in [2.75, 3.05) is 13.1 Å². The number of rotatable bonds is 4. The van der Waals surface area contributed by atoms with Crippen molar-refractivity contribution in [2.45, 2.75) is 50.8 Å². The molecule has 0 amide bonds. The maximum absolute atomic E-state index is 10.6. The van der Waals surface area contributed by atoms with E-state index in [2.05, 4.69) is 10.3 Å². The summed E-state index contributed by atoms with van der Waals surface area (Å²) in [6.07, 6.45) is 1.34. The summed E-state index contributed by atoms with van der Waals surface area (Å²) in [6, 6.07) is 3.86. The Morgan fingerprint density at radius 2 is 1.90 bits per heavy atom. The lowest BCUT2D eigenvalue weighted by Gasteiger charge is -2.25. The van der Waals surface area contributed by atoms with Crippen LogP contribution in [0.3, 0.4) is 0 Å². The maximum Gasteiger partial charge on any atom is 0.490 e. The van der Waals surface area contributed by atoms with E-state index in [1.807, 2.05) is 19.1 Å². The van der Waals surface area contributed by atoms with Crippen LogP contribution in [0.4, 0.5) is 13.2 Å². The highest BCUT2D eigenvalue weighted by molar-refractivity contribution is 6.31. The van der Waals surface area contributed by atoms with Crippen LogP contribution in [0.5, 0.6) is 5.75 Å². The van der Waals surface area contributed by atoms with Gasteiger partial charge in [-0.15, -0.1) is 0 Å². The standard InChI is InChI=1S/C18H21ClN2O2.C2HF3O2/c1-11-8-13(19)9-15(16-10-21-18(23-16)12-2-3-12)17(11)22-14-4-6-20-7-5-14;3-2(4,5)1(6)7/h8-10,12,14,20H,2-7H2,1H3;(H,6,7). The lowest BCUT2D eigenvalue weighted by molar-refractivity contribution is -0.192. The van der Waals surface area contributed by atoms with Gasteiger partial charge in [0.05, 0.1) is 11.8 Å². The van der Waals surface area contributed by atoms with Crippen LogP contribution < -0.4 is 10.1 Å². The van der Waals surface area contributed by atoms with Crippen molar-refractivity contribution in [2.24, 2.45) is 0 Å². The van der Waals surface area contributed by atoms with E-state index in [4.69, 9.17) is 30.7 Å². The Morgan fingerprint density at radius 3 is 2.47 bits per heavy atom. The van der Waals surface area contributed by atoms with Crippen LogP contribution in [0.15, 0.2) is 22.7 Å². The SMILES string of the molecule is Cc1cc(Cl)cc(-c2cnc(C3CC3)o2)c1OC1CCNCC1.O=C(O)C(F)(F)F. The molecule has 1 aromatic carbocycles. The van der Waals surface area contributed by atoms with Crippen LogP contribution in [0.25, 0.3) is 11.3 Å². The lowest BCUT2D eigenvalue weighted by atomic mass is 10.1. The molecule has 0 atom stereocenters. The average molecular weight is 447 g/mol. The van der Waals surface area contributed by atoms with Gasteiger partial charge in [-0.05, 0) is 63.4 Å². The molecule has 2 aromatic rings. The number of hydrogen-bond acceptors (Lipinski definition) is 5. The summed E-state index contributed by atoms with van der Waals surface area (Å²) in [5, 5.41) is 11.2. The molecule has 0 spiro atoms. The van der Waals surface area contributed by atoms with Gasteiger partial charge in [0, 0.05) is 10.9 Å². The predicted molar refractivity (Wildman–Crippen MR) is 104 cm³/mol. The molecule has 2 heterocycles. The van der Waals surface area contributed by atoms with Crippen LogP contribution in [0, 0.1) is 6.92 Å². The lowest BCUT2D eigenvalue weighted by Crippen LogP contribution is -2.34. The predicted octanol–water partition coefficient (Wildman–Crippen LogP) is 4.94. The van der Waals surface area contributed by atoms with Crippen LogP contribution >= 0.6 is 11.6 Å². The van der Waals surface area contributed by atoms with Gasteiger partial charge in [0.1, 0.15) is 11.9 Å². The Labute approximate surface area is 176 Å². The van der Waals surface area contributed by atoms with E-state index < -0.39 is 12.1 Å². The third kappa shape index (κ3) is 5.89. The van der Waals surface area contributed by atoms with Crippen LogP contribution in [0.2, 0.25) is 5.02 Å². The van der Waals surface area contributed by atoms with Crippen LogP contribution in [-0.2, 0) is 4.79 Å². The third-order valence-corrected chi connectivity index (χ3v) is 4.99. The zero-order valence-electron chi connectivity index (χ0n) is 16.3. The van der Waals surface area contributed by atoms with E-state index in [0.717, 1.165) is 54.5 Å². The second-order valence-electron chi connectivity index (χ2n) is 7.31. The van der Waals surface area contributed by atoms with Crippen molar-refractivity contribution in [3.8, 4) is 17.1 Å². The minimum Gasteiger partial charge on any atom is -0.489 e. The quantitative estimate of drug-likeness (QED) is 0.691. The summed E-state index contributed by atoms with van der Waals surface area (Å²) >= 11 is 6.27. The van der Waals surface area contributed by atoms with E-state index >= 15 is 0 Å². The molecule has 0 radical (unpaired) electrons. The zero-order chi connectivity index (χ0) is 21.9. The van der Waals surface area contributed by atoms with Gasteiger partial charge in [-0.25, -0.2) is 9.78 Å². The van der Waals surface area contributed by atoms with Gasteiger partial charge in [-0.3, -0.25) is 0 Å². The molecule has 2 N–H and O–H groups in total. The molecule has 1 saturated carbocycles. The van der Waals surface area contributed by atoms with E-state index in [-0.39, 0.29) is 6.10 Å². The van der Waals surface area contributed by atoms with E-state index in [1.165, 1.54) is 12.8 Å². The molecule has 0 bridgehead atoms. The first-order chi connectivity index (χ1) is 14.1. The van der Waals surface area contributed by atoms with E-state index in [9.17, 15) is 13.2 Å². The number of aromatic nitrogens is 1. The fraction of sp³-hybridized carbons (Fsp3) is 0.500. The van der Waals surface area contributed by atoms with Gasteiger partial charge in [-0.1, -0.05) is 11.6 Å². The molecule has 6 nitrogen and oxygen atoms in total. The molecular weight excluding hydrogens is 425 g/mol. The van der Waals surface area contributed by atoms with Crippen molar-refractivity contribution >= 4 is 17.6 Å². The second-order valence-corrected chi connectivity index (χ2v) is 7.74. The van der Waals surface area contributed by atoms with Gasteiger partial charge in [0.15, 0.2) is 11.7 Å². The number of halogens is 4. The molecule has 30 heavy (non-hydrogen) atoms. The number of carboxylic acids is 1. The fourth-order valence-electron chi connectivity index (χ4n) is 3.08. The van der Waals surface area contributed by atoms with Gasteiger partial charge in [0.25, 0.3) is 0 Å². The summed E-state index contributed by atoms with van der Waals surface area (Å²) in [6.45, 7) is 4.03. The van der Waals surface area contributed by atoms with Crippen molar-refractivity contribution in [3.05, 3.63) is 34.8 Å². The summed E-state index contributed by atoms with van der Waals surface area (Å²) < 4.78 is 44.0. The highest BCUT2D eigenvalue weighted by atomic mass is 35.5. The molecule has 2 aliphatic rings. The Hall–Kier alpha value is -2.26. The fourth-order valence-corrected chi connectivity index (χ4v) is 3.35. The number of carbonyl (C=O) groups is 1. The molecular formula is C20H22ClF3N2O4. The molecule has 0 unspecified atom stereocenters. The van der Waals surface area contributed by atoms with Crippen molar-refractivity contribution in [3.63, 3.8) is 0 Å². The molecule has 1 saturated heterocycles. The number of aliphatic carboxylic acids is 1. The molecule has 4 rings (SSSR count). The molecule has 1 aromatic heterocycles. The normalized spacial score (nSPS) is 17.2. The average Bonchev–Trinajstić information content (AvgIpc) is 3.41.